The topological polar surface area (TPSA) is 85.0 Å². The third-order valence-corrected chi connectivity index (χ3v) is 5.77. The minimum absolute atomic E-state index is 0.0206. The number of halogens is 3. The Balaban J connectivity index is 1.61. The Morgan fingerprint density at radius 3 is 2.47 bits per heavy atom. The Labute approximate surface area is 184 Å². The van der Waals surface area contributed by atoms with Crippen LogP contribution in [0.4, 0.5) is 18.9 Å². The SMILES string of the molecule is CCN1CCN(CC(=O)N2CCNC(=O)C2CC(=O)Nc2cccc(C(F)(F)F)c2)CC1. The lowest BCUT2D eigenvalue weighted by molar-refractivity contribution is -0.145. The van der Waals surface area contributed by atoms with E-state index in [1.54, 1.807) is 0 Å². The largest absolute Gasteiger partial charge is 0.416 e. The van der Waals surface area contributed by atoms with Crippen LogP contribution in [0.2, 0.25) is 0 Å². The Hall–Kier alpha value is -2.66. The van der Waals surface area contributed by atoms with Gasteiger partial charge >= 0.3 is 6.18 Å². The van der Waals surface area contributed by atoms with Crippen molar-refractivity contribution in [1.29, 1.82) is 0 Å². The summed E-state index contributed by atoms with van der Waals surface area (Å²) in [5, 5.41) is 5.05. The second-order valence-corrected chi connectivity index (χ2v) is 7.94. The first-order chi connectivity index (χ1) is 15.2. The van der Waals surface area contributed by atoms with Gasteiger partial charge < -0.3 is 20.4 Å². The van der Waals surface area contributed by atoms with Gasteiger partial charge in [0.1, 0.15) is 6.04 Å². The quantitative estimate of drug-likeness (QED) is 0.669. The lowest BCUT2D eigenvalue weighted by atomic mass is 10.1. The zero-order valence-electron chi connectivity index (χ0n) is 18.0. The normalized spacial score (nSPS) is 20.7. The molecule has 0 saturated carbocycles. The van der Waals surface area contributed by atoms with Crippen LogP contribution >= 0.6 is 0 Å². The van der Waals surface area contributed by atoms with E-state index >= 15 is 0 Å². The van der Waals surface area contributed by atoms with E-state index in [-0.39, 0.29) is 31.1 Å². The molecular formula is C21H28F3N5O3. The maximum Gasteiger partial charge on any atom is 0.416 e. The standard InChI is InChI=1S/C21H28F3N5O3/c1-2-27-8-10-28(11-9-27)14-19(31)29-7-6-25-20(32)17(29)13-18(30)26-16-5-3-4-15(12-16)21(22,23)24/h3-5,12,17H,2,6-11,13-14H2,1H3,(H,25,32)(H,26,30). The van der Waals surface area contributed by atoms with Crippen molar-refractivity contribution >= 4 is 23.4 Å². The molecule has 3 rings (SSSR count). The highest BCUT2D eigenvalue weighted by Crippen LogP contribution is 2.30. The van der Waals surface area contributed by atoms with Crippen LogP contribution in [0.15, 0.2) is 24.3 Å². The fourth-order valence-electron chi connectivity index (χ4n) is 3.92. The van der Waals surface area contributed by atoms with Crippen LogP contribution in [0, 0.1) is 0 Å². The Bertz CT molecular complexity index is 840. The number of alkyl halides is 3. The molecule has 0 radical (unpaired) electrons. The van der Waals surface area contributed by atoms with E-state index in [9.17, 15) is 27.6 Å². The third kappa shape index (κ3) is 6.19. The van der Waals surface area contributed by atoms with Gasteiger partial charge in [-0.15, -0.1) is 0 Å². The third-order valence-electron chi connectivity index (χ3n) is 5.77. The van der Waals surface area contributed by atoms with Gasteiger partial charge in [-0.3, -0.25) is 19.3 Å². The van der Waals surface area contributed by atoms with E-state index in [2.05, 4.69) is 22.5 Å². The summed E-state index contributed by atoms with van der Waals surface area (Å²) in [6, 6.07) is 3.27. The number of likely N-dealkylation sites (N-methyl/N-ethyl adjacent to an activating group) is 1. The maximum absolute atomic E-state index is 12.9. The smallest absolute Gasteiger partial charge is 0.353 e. The molecule has 0 bridgehead atoms. The molecule has 2 heterocycles. The van der Waals surface area contributed by atoms with E-state index < -0.39 is 29.6 Å². The number of benzene rings is 1. The molecule has 2 N–H and O–H groups in total. The summed E-state index contributed by atoms with van der Waals surface area (Å²) in [6.45, 7) is 7.01. The molecule has 0 aliphatic carbocycles. The molecule has 1 aromatic rings. The van der Waals surface area contributed by atoms with Gasteiger partial charge in [-0.1, -0.05) is 13.0 Å². The summed E-state index contributed by atoms with van der Waals surface area (Å²) in [4.78, 5) is 43.5. The molecular weight excluding hydrogens is 427 g/mol. The molecule has 2 aliphatic rings. The van der Waals surface area contributed by atoms with Gasteiger partial charge in [-0.25, -0.2) is 0 Å². The summed E-state index contributed by atoms with van der Waals surface area (Å²) >= 11 is 0. The van der Waals surface area contributed by atoms with Gasteiger partial charge in [-0.2, -0.15) is 13.2 Å². The van der Waals surface area contributed by atoms with E-state index in [1.807, 2.05) is 4.90 Å². The number of carbonyl (C=O) groups excluding carboxylic acids is 3. The van der Waals surface area contributed by atoms with Crippen LogP contribution in [0.5, 0.6) is 0 Å². The zero-order chi connectivity index (χ0) is 23.3. The highest BCUT2D eigenvalue weighted by atomic mass is 19.4. The molecule has 0 aromatic heterocycles. The van der Waals surface area contributed by atoms with Gasteiger partial charge in [0.2, 0.25) is 17.7 Å². The Morgan fingerprint density at radius 1 is 1.12 bits per heavy atom. The number of amides is 3. The van der Waals surface area contributed by atoms with Crippen LogP contribution in [0.25, 0.3) is 0 Å². The number of piperazine rings is 2. The van der Waals surface area contributed by atoms with Gasteiger partial charge in [-0.05, 0) is 24.7 Å². The van der Waals surface area contributed by atoms with Crippen molar-refractivity contribution in [2.24, 2.45) is 0 Å². The summed E-state index contributed by atoms with van der Waals surface area (Å²) in [6.07, 6.45) is -4.87. The van der Waals surface area contributed by atoms with Crippen LogP contribution in [-0.2, 0) is 20.6 Å². The fourth-order valence-corrected chi connectivity index (χ4v) is 3.92. The highest BCUT2D eigenvalue weighted by Gasteiger charge is 2.36. The number of hydrogen-bond donors (Lipinski definition) is 2. The van der Waals surface area contributed by atoms with Crippen molar-refractivity contribution in [3.05, 3.63) is 29.8 Å². The summed E-state index contributed by atoms with van der Waals surface area (Å²) in [5.41, 5.74) is -0.904. The number of nitrogens with zero attached hydrogens (tertiary/aromatic N) is 3. The van der Waals surface area contributed by atoms with E-state index in [0.29, 0.717) is 6.54 Å². The van der Waals surface area contributed by atoms with Gasteiger partial charge in [0.25, 0.3) is 0 Å². The van der Waals surface area contributed by atoms with Gasteiger partial charge in [0, 0.05) is 45.0 Å². The first-order valence-corrected chi connectivity index (χ1v) is 10.7. The second-order valence-electron chi connectivity index (χ2n) is 7.94. The van der Waals surface area contributed by atoms with Crippen molar-refractivity contribution in [3.63, 3.8) is 0 Å². The minimum Gasteiger partial charge on any atom is -0.353 e. The van der Waals surface area contributed by atoms with Crippen molar-refractivity contribution in [1.82, 2.24) is 20.0 Å². The van der Waals surface area contributed by atoms with Gasteiger partial charge in [0.05, 0.1) is 18.5 Å². The first kappa shape index (κ1) is 24.0. The number of carbonyl (C=O) groups is 3. The number of nitrogens with one attached hydrogen (secondary N) is 2. The molecule has 1 atom stereocenters. The number of anilines is 1. The molecule has 1 unspecified atom stereocenters. The molecule has 176 valence electrons. The van der Waals surface area contributed by atoms with E-state index in [4.69, 9.17) is 0 Å². The molecule has 0 spiro atoms. The van der Waals surface area contributed by atoms with Crippen molar-refractivity contribution < 1.29 is 27.6 Å². The molecule has 32 heavy (non-hydrogen) atoms. The lowest BCUT2D eigenvalue weighted by Crippen LogP contribution is -2.60. The Kier molecular flexibility index (Phi) is 7.73. The van der Waals surface area contributed by atoms with Crippen molar-refractivity contribution in [2.75, 3.05) is 57.7 Å². The summed E-state index contributed by atoms with van der Waals surface area (Å²) in [5.74, 6) is -1.32. The average Bonchev–Trinajstić information content (AvgIpc) is 2.75. The van der Waals surface area contributed by atoms with Crippen molar-refractivity contribution in [2.45, 2.75) is 25.6 Å². The number of rotatable bonds is 6. The van der Waals surface area contributed by atoms with Gasteiger partial charge in [0.15, 0.2) is 0 Å². The monoisotopic (exact) mass is 455 g/mol. The molecule has 3 amide bonds. The highest BCUT2D eigenvalue weighted by molar-refractivity contribution is 5.97. The van der Waals surface area contributed by atoms with E-state index in [1.165, 1.54) is 17.0 Å². The average molecular weight is 455 g/mol. The summed E-state index contributed by atoms with van der Waals surface area (Å²) < 4.78 is 38.7. The Morgan fingerprint density at radius 2 is 1.81 bits per heavy atom. The fraction of sp³-hybridized carbons (Fsp3) is 0.571. The van der Waals surface area contributed by atoms with Crippen molar-refractivity contribution in [3.8, 4) is 0 Å². The van der Waals surface area contributed by atoms with Crippen LogP contribution in [0.3, 0.4) is 0 Å². The first-order valence-electron chi connectivity index (χ1n) is 10.7. The minimum atomic E-state index is -4.53. The van der Waals surface area contributed by atoms with Crippen LogP contribution in [-0.4, -0.2) is 90.8 Å². The molecule has 11 heteroatoms. The summed E-state index contributed by atoms with van der Waals surface area (Å²) in [7, 11) is 0. The zero-order valence-corrected chi connectivity index (χ0v) is 18.0. The maximum atomic E-state index is 12.9. The molecule has 1 aromatic carbocycles. The van der Waals surface area contributed by atoms with Crippen LogP contribution < -0.4 is 10.6 Å². The predicted octanol–water partition coefficient (Wildman–Crippen LogP) is 0.999. The van der Waals surface area contributed by atoms with Crippen LogP contribution in [0.1, 0.15) is 18.9 Å². The molecule has 2 aliphatic heterocycles. The second kappa shape index (κ2) is 10.3. The molecule has 2 saturated heterocycles. The predicted molar refractivity (Wildman–Crippen MR) is 112 cm³/mol. The number of hydrogen-bond acceptors (Lipinski definition) is 5. The molecule has 8 nitrogen and oxygen atoms in total. The molecule has 2 fully saturated rings. The lowest BCUT2D eigenvalue weighted by Gasteiger charge is -2.38. The van der Waals surface area contributed by atoms with E-state index in [0.717, 1.165) is 44.9 Å².